The van der Waals surface area contributed by atoms with E-state index in [1.807, 2.05) is 48.5 Å². The maximum absolute atomic E-state index is 8.68. The third-order valence-corrected chi connectivity index (χ3v) is 3.80. The van der Waals surface area contributed by atoms with Crippen LogP contribution in [-0.2, 0) is 0 Å². The fourth-order valence-electron chi connectivity index (χ4n) is 2.21. The average molecular weight is 404 g/mol. The van der Waals surface area contributed by atoms with Gasteiger partial charge in [0.05, 0.1) is 18.2 Å². The van der Waals surface area contributed by atoms with Crippen molar-refractivity contribution in [2.75, 3.05) is 32.8 Å². The van der Waals surface area contributed by atoms with Gasteiger partial charge in [0, 0.05) is 30.6 Å². The predicted molar refractivity (Wildman–Crippen MR) is 120 cm³/mol. The molecule has 6 heteroatoms. The highest BCUT2D eigenvalue weighted by molar-refractivity contribution is 7.80. The van der Waals surface area contributed by atoms with Crippen molar-refractivity contribution in [3.8, 4) is 17.2 Å². The lowest BCUT2D eigenvalue weighted by Crippen LogP contribution is -2.37. The van der Waals surface area contributed by atoms with Gasteiger partial charge >= 0.3 is 0 Å². The molecule has 0 fully saturated rings. The summed E-state index contributed by atoms with van der Waals surface area (Å²) < 4.78 is 0. The fraction of sp³-hybridized carbons (Fsp3) is 0.409. The quantitative estimate of drug-likeness (QED) is 0.362. The molecule has 4 N–H and O–H groups in total. The molecule has 0 bridgehead atoms. The summed E-state index contributed by atoms with van der Waals surface area (Å²) in [5.74, 6) is 0. The highest BCUT2D eigenvalue weighted by Gasteiger charge is 1.97. The first kappa shape index (κ1) is 26.1. The van der Waals surface area contributed by atoms with Crippen LogP contribution < -0.4 is 10.6 Å². The molecule has 0 unspecified atom stereocenters. The summed E-state index contributed by atoms with van der Waals surface area (Å²) >= 11 is 4.23. The molecule has 2 aromatic carbocycles. The number of hydrogen-bond acceptors (Lipinski definition) is 6. The van der Waals surface area contributed by atoms with Crippen molar-refractivity contribution in [3.05, 3.63) is 54.1 Å². The van der Waals surface area contributed by atoms with E-state index in [1.165, 1.54) is 0 Å². The maximum atomic E-state index is 8.68. The molecule has 0 heterocycles. The van der Waals surface area contributed by atoms with Crippen LogP contribution in [0.1, 0.15) is 26.3 Å². The van der Waals surface area contributed by atoms with E-state index in [0.29, 0.717) is 18.2 Å². The van der Waals surface area contributed by atoms with Crippen molar-refractivity contribution >= 4 is 12.6 Å². The second-order valence-electron chi connectivity index (χ2n) is 5.94. The van der Waals surface area contributed by atoms with Gasteiger partial charge in [-0.2, -0.15) is 5.26 Å². The van der Waals surface area contributed by atoms with Gasteiger partial charge in [-0.1, -0.05) is 31.2 Å². The van der Waals surface area contributed by atoms with Crippen LogP contribution in [0.2, 0.25) is 0 Å². The van der Waals surface area contributed by atoms with Crippen molar-refractivity contribution in [2.24, 2.45) is 0 Å². The molecule has 0 aliphatic heterocycles. The first-order valence-corrected chi connectivity index (χ1v) is 9.92. The summed E-state index contributed by atoms with van der Waals surface area (Å²) in [6.45, 7) is 8.97. The average Bonchev–Trinajstić information content (AvgIpc) is 2.70. The molecular formula is C22H33N3O2S. The lowest BCUT2D eigenvalue weighted by atomic mass is 10.0. The van der Waals surface area contributed by atoms with E-state index in [4.69, 9.17) is 15.5 Å². The van der Waals surface area contributed by atoms with Gasteiger partial charge in [-0.15, -0.1) is 12.6 Å². The Morgan fingerprint density at radius 1 is 1.00 bits per heavy atom. The van der Waals surface area contributed by atoms with E-state index in [2.05, 4.69) is 43.2 Å². The molecule has 0 amide bonds. The Kier molecular flexibility index (Phi) is 16.1. The number of aliphatic hydroxyl groups excluding tert-OH is 2. The Labute approximate surface area is 174 Å². The molecule has 1 atom stereocenters. The Balaban J connectivity index is 0.000000489. The molecule has 2 aromatic rings. The number of aliphatic hydroxyl groups is 2. The number of rotatable bonds is 7. The second kappa shape index (κ2) is 17.2. The molecule has 0 aromatic heterocycles. The number of nitrogens with zero attached hydrogens (tertiary/aromatic N) is 1. The van der Waals surface area contributed by atoms with Crippen molar-refractivity contribution < 1.29 is 10.2 Å². The third kappa shape index (κ3) is 12.5. The third-order valence-electron chi connectivity index (χ3n) is 3.51. The van der Waals surface area contributed by atoms with Crippen molar-refractivity contribution in [1.29, 1.82) is 5.26 Å². The first-order valence-electron chi connectivity index (χ1n) is 9.47. The number of thiol groups is 1. The molecule has 0 saturated carbocycles. The predicted octanol–water partition coefficient (Wildman–Crippen LogP) is 3.08. The molecule has 0 radical (unpaired) electrons. The smallest absolute Gasteiger partial charge is 0.0991 e. The Morgan fingerprint density at radius 2 is 1.50 bits per heavy atom. The molecular weight excluding hydrogens is 370 g/mol. The van der Waals surface area contributed by atoms with Gasteiger partial charge in [0.25, 0.3) is 0 Å². The summed E-state index contributed by atoms with van der Waals surface area (Å²) in [4.78, 5) is 0.951. The molecule has 0 aliphatic rings. The first-order chi connectivity index (χ1) is 13.5. The molecule has 0 spiro atoms. The Bertz CT molecular complexity index is 655. The van der Waals surface area contributed by atoms with Gasteiger partial charge in [0.15, 0.2) is 0 Å². The van der Waals surface area contributed by atoms with Crippen LogP contribution in [0, 0.1) is 11.3 Å². The normalized spacial score (nSPS) is 10.6. The lowest BCUT2D eigenvalue weighted by molar-refractivity contribution is 0.290. The number of benzene rings is 2. The van der Waals surface area contributed by atoms with Crippen LogP contribution in [-0.4, -0.2) is 49.1 Å². The second-order valence-corrected chi connectivity index (χ2v) is 6.46. The fourth-order valence-corrected chi connectivity index (χ4v) is 2.36. The zero-order chi connectivity index (χ0) is 21.2. The maximum Gasteiger partial charge on any atom is 0.0991 e. The molecule has 28 heavy (non-hydrogen) atoms. The van der Waals surface area contributed by atoms with E-state index in [-0.39, 0.29) is 13.2 Å². The number of hydrogen-bond donors (Lipinski definition) is 5. The lowest BCUT2D eigenvalue weighted by Gasteiger charge is -2.11. The highest BCUT2D eigenvalue weighted by Crippen LogP contribution is 2.21. The van der Waals surface area contributed by atoms with Crippen LogP contribution in [0.4, 0.5) is 0 Å². The minimum absolute atomic E-state index is 0.221. The SMILES string of the molecule is CCN[C@H](C)CNCCO.CCO.N#Cc1ccc(-c2ccc(S)cc2)cc1. The Hall–Kier alpha value is -1.88. The monoisotopic (exact) mass is 403 g/mol. The largest absolute Gasteiger partial charge is 0.397 e. The van der Waals surface area contributed by atoms with Crippen molar-refractivity contribution in [1.82, 2.24) is 10.6 Å². The minimum atomic E-state index is 0.221. The molecule has 154 valence electrons. The van der Waals surface area contributed by atoms with Gasteiger partial charge in [-0.05, 0) is 55.8 Å². The van der Waals surface area contributed by atoms with Gasteiger partial charge in [0.2, 0.25) is 0 Å². The zero-order valence-electron chi connectivity index (χ0n) is 17.0. The van der Waals surface area contributed by atoms with Crippen LogP contribution in [0.15, 0.2) is 53.4 Å². The standard InChI is InChI=1S/C13H9NS.C7H18N2O.C2H6O/c14-9-10-1-3-11(4-2-10)12-5-7-13(15)8-6-12;1-3-9-7(2)6-8-4-5-10;1-2-3/h1-8,15H;7-10H,3-6H2,1-2H3;3H,2H2,1H3/t;7-;/m.1./s1. The van der Waals surface area contributed by atoms with E-state index < -0.39 is 0 Å². The van der Waals surface area contributed by atoms with Crippen LogP contribution in [0.25, 0.3) is 11.1 Å². The van der Waals surface area contributed by atoms with E-state index in [9.17, 15) is 0 Å². The van der Waals surface area contributed by atoms with E-state index >= 15 is 0 Å². The minimum Gasteiger partial charge on any atom is -0.397 e. The van der Waals surface area contributed by atoms with Crippen molar-refractivity contribution in [3.63, 3.8) is 0 Å². The van der Waals surface area contributed by atoms with Gasteiger partial charge < -0.3 is 20.8 Å². The van der Waals surface area contributed by atoms with Gasteiger partial charge in [-0.3, -0.25) is 0 Å². The summed E-state index contributed by atoms with van der Waals surface area (Å²) in [6, 6.07) is 18.1. The van der Waals surface area contributed by atoms with Crippen LogP contribution >= 0.6 is 12.6 Å². The molecule has 5 nitrogen and oxygen atoms in total. The number of nitriles is 1. The Morgan fingerprint density at radius 3 is 1.93 bits per heavy atom. The van der Waals surface area contributed by atoms with Gasteiger partial charge in [0.1, 0.15) is 0 Å². The van der Waals surface area contributed by atoms with Crippen molar-refractivity contribution in [2.45, 2.75) is 31.7 Å². The van der Waals surface area contributed by atoms with Crippen LogP contribution in [0.3, 0.4) is 0 Å². The molecule has 0 saturated heterocycles. The number of likely N-dealkylation sites (N-methyl/N-ethyl adjacent to an activating group) is 1. The molecule has 0 aliphatic carbocycles. The number of nitrogens with one attached hydrogen (secondary N) is 2. The van der Waals surface area contributed by atoms with E-state index in [0.717, 1.165) is 29.1 Å². The topological polar surface area (TPSA) is 88.3 Å². The molecule has 2 rings (SSSR count). The van der Waals surface area contributed by atoms with Crippen LogP contribution in [0.5, 0.6) is 0 Å². The summed E-state index contributed by atoms with van der Waals surface area (Å²) in [5, 5.41) is 31.0. The summed E-state index contributed by atoms with van der Waals surface area (Å²) in [5.41, 5.74) is 2.93. The zero-order valence-corrected chi connectivity index (χ0v) is 17.9. The van der Waals surface area contributed by atoms with E-state index in [1.54, 1.807) is 6.92 Å². The summed E-state index contributed by atoms with van der Waals surface area (Å²) in [6.07, 6.45) is 0. The highest BCUT2D eigenvalue weighted by atomic mass is 32.1. The summed E-state index contributed by atoms with van der Waals surface area (Å²) in [7, 11) is 0. The van der Waals surface area contributed by atoms with Gasteiger partial charge in [-0.25, -0.2) is 0 Å².